The average molecular weight is 477 g/mol. The highest BCUT2D eigenvalue weighted by atomic mass is 19.1. The number of aliphatic hydroxyl groups excluding tert-OH is 1. The molecule has 3 fully saturated rings. The van der Waals surface area contributed by atoms with Crippen molar-refractivity contribution in [3.05, 3.63) is 23.8 Å². The summed E-state index contributed by atoms with van der Waals surface area (Å²) in [6, 6.07) is 0. The van der Waals surface area contributed by atoms with Crippen LogP contribution in [0.25, 0.3) is 0 Å². The lowest BCUT2D eigenvalue weighted by Gasteiger charge is -2.62. The van der Waals surface area contributed by atoms with Crippen LogP contribution in [0.5, 0.6) is 0 Å². The van der Waals surface area contributed by atoms with Crippen LogP contribution in [0.15, 0.2) is 23.8 Å². The number of carbonyl (C=O) groups is 3. The number of carbonyl (C=O) groups excluding carboxylic acids is 3. The summed E-state index contributed by atoms with van der Waals surface area (Å²) in [6.45, 7) is 9.15. The fourth-order valence-electron chi connectivity index (χ4n) is 7.95. The number of hydrogen-bond acceptors (Lipinski definition) is 6. The van der Waals surface area contributed by atoms with Gasteiger partial charge in [-0.3, -0.25) is 14.4 Å². The zero-order chi connectivity index (χ0) is 25.1. The number of Topliss-reactive ketones (excluding diaryl/α,β-unsaturated/α-hetero) is 1. The van der Waals surface area contributed by atoms with Gasteiger partial charge in [-0.2, -0.15) is 0 Å². The van der Waals surface area contributed by atoms with Crippen molar-refractivity contribution < 1.29 is 33.4 Å². The maximum absolute atomic E-state index is 17.3. The molecule has 4 aliphatic carbocycles. The van der Waals surface area contributed by atoms with Gasteiger partial charge < -0.3 is 14.6 Å². The molecule has 4 aliphatic rings. The van der Waals surface area contributed by atoms with Crippen LogP contribution in [0.3, 0.4) is 0 Å². The van der Waals surface area contributed by atoms with Crippen LogP contribution < -0.4 is 0 Å². The van der Waals surface area contributed by atoms with Crippen molar-refractivity contribution in [3.63, 3.8) is 0 Å². The Morgan fingerprint density at radius 2 is 1.94 bits per heavy atom. The number of alkyl halides is 1. The molecule has 3 saturated carbocycles. The van der Waals surface area contributed by atoms with Crippen LogP contribution in [-0.2, 0) is 23.9 Å². The van der Waals surface area contributed by atoms with Gasteiger partial charge >= 0.3 is 5.97 Å². The molecule has 0 aromatic carbocycles. The number of halogens is 1. The summed E-state index contributed by atoms with van der Waals surface area (Å²) >= 11 is 0. The molecule has 0 aliphatic heterocycles. The number of ether oxygens (including phenoxy) is 2. The van der Waals surface area contributed by atoms with Gasteiger partial charge in [0.15, 0.2) is 17.1 Å². The predicted molar refractivity (Wildman–Crippen MR) is 124 cm³/mol. The van der Waals surface area contributed by atoms with E-state index >= 15 is 4.39 Å². The fourth-order valence-corrected chi connectivity index (χ4v) is 7.95. The molecule has 0 unspecified atom stereocenters. The molecule has 0 saturated heterocycles. The standard InChI is InChI=1S/C27H37FO6/c1-6-23(32)34-27(22(31)15-33-7-2)16(3)12-20-19-9-8-17-13-18(29)10-11-24(17,4)26(19,28)21(30)14-25(20,27)5/h10-11,13,16,19-21,30H,6-9,12,14-15H2,1-5H3/t16-,19-,20-,21-,24-,25-,26-,27-/m0/s1. The number of esters is 1. The Morgan fingerprint density at radius 1 is 1.24 bits per heavy atom. The number of fused-ring (bicyclic) bond motifs is 5. The third-order valence-corrected chi connectivity index (χ3v) is 9.60. The Balaban J connectivity index is 1.83. The topological polar surface area (TPSA) is 89.9 Å². The molecular weight excluding hydrogens is 439 g/mol. The van der Waals surface area contributed by atoms with Gasteiger partial charge in [0.2, 0.25) is 5.78 Å². The molecule has 1 N–H and O–H groups in total. The normalized spacial score (nSPS) is 45.1. The highest BCUT2D eigenvalue weighted by Gasteiger charge is 2.77. The van der Waals surface area contributed by atoms with Crippen molar-refractivity contribution in [1.82, 2.24) is 0 Å². The minimum atomic E-state index is -1.99. The maximum Gasteiger partial charge on any atom is 0.306 e. The molecule has 4 rings (SSSR count). The van der Waals surface area contributed by atoms with Gasteiger partial charge in [0.1, 0.15) is 6.61 Å². The van der Waals surface area contributed by atoms with Crippen LogP contribution in [0.1, 0.15) is 66.7 Å². The average Bonchev–Trinajstić information content (AvgIpc) is 3.00. The van der Waals surface area contributed by atoms with Crippen LogP contribution in [0.4, 0.5) is 4.39 Å². The SMILES string of the molecule is CCOCC(=O)[C@@]1(OC(=O)CC)[C@@H](C)C[C@H]2[C@@H]3CCC4=CC(=O)C=C[C@]4(C)[C@@]3(F)[C@@H](O)C[C@@]21C. The van der Waals surface area contributed by atoms with Crippen molar-refractivity contribution in [2.75, 3.05) is 13.2 Å². The van der Waals surface area contributed by atoms with Gasteiger partial charge in [-0.15, -0.1) is 0 Å². The number of aliphatic hydroxyl groups is 1. The number of hydrogen-bond donors (Lipinski definition) is 1. The molecule has 0 radical (unpaired) electrons. The van der Waals surface area contributed by atoms with E-state index in [2.05, 4.69) is 0 Å². The molecule has 34 heavy (non-hydrogen) atoms. The Labute approximate surface area is 200 Å². The maximum atomic E-state index is 17.3. The first kappa shape index (κ1) is 25.2. The van der Waals surface area contributed by atoms with Crippen LogP contribution in [-0.4, -0.2) is 53.2 Å². The van der Waals surface area contributed by atoms with Crippen molar-refractivity contribution in [2.45, 2.75) is 84.1 Å². The molecule has 7 heteroatoms. The number of ketones is 2. The van der Waals surface area contributed by atoms with Gasteiger partial charge in [0.05, 0.1) is 6.10 Å². The van der Waals surface area contributed by atoms with Gasteiger partial charge in [-0.25, -0.2) is 4.39 Å². The van der Waals surface area contributed by atoms with E-state index in [0.717, 1.165) is 0 Å². The molecular formula is C27H37FO6. The first-order chi connectivity index (χ1) is 15.9. The van der Waals surface area contributed by atoms with E-state index in [4.69, 9.17) is 9.47 Å². The minimum absolute atomic E-state index is 0.0193. The van der Waals surface area contributed by atoms with E-state index in [-0.39, 0.29) is 42.9 Å². The molecule has 0 spiro atoms. The van der Waals surface area contributed by atoms with Gasteiger partial charge in [-0.05, 0) is 57.6 Å². The summed E-state index contributed by atoms with van der Waals surface area (Å²) < 4.78 is 28.8. The summed E-state index contributed by atoms with van der Waals surface area (Å²) in [6.07, 6.45) is 4.73. The van der Waals surface area contributed by atoms with E-state index in [0.29, 0.717) is 31.4 Å². The van der Waals surface area contributed by atoms with E-state index in [1.165, 1.54) is 12.2 Å². The second kappa shape index (κ2) is 8.37. The van der Waals surface area contributed by atoms with Crippen LogP contribution in [0.2, 0.25) is 0 Å². The number of allylic oxidation sites excluding steroid dienone is 4. The van der Waals surface area contributed by atoms with Crippen molar-refractivity contribution in [2.24, 2.45) is 28.6 Å². The minimum Gasteiger partial charge on any atom is -0.450 e. The van der Waals surface area contributed by atoms with E-state index in [9.17, 15) is 19.5 Å². The highest BCUT2D eigenvalue weighted by Crippen LogP contribution is 2.71. The number of rotatable bonds is 6. The zero-order valence-electron chi connectivity index (χ0n) is 20.9. The quantitative estimate of drug-likeness (QED) is 0.585. The Bertz CT molecular complexity index is 957. The second-order valence-electron chi connectivity index (χ2n) is 11.0. The highest BCUT2D eigenvalue weighted by molar-refractivity contribution is 6.01. The monoisotopic (exact) mass is 476 g/mol. The fraction of sp³-hybridized carbons (Fsp3) is 0.741. The Kier molecular flexibility index (Phi) is 6.21. The molecule has 8 atom stereocenters. The van der Waals surface area contributed by atoms with Crippen molar-refractivity contribution in [3.8, 4) is 0 Å². The molecule has 188 valence electrons. The lowest BCUT2D eigenvalue weighted by Crippen LogP contribution is -2.70. The molecule has 6 nitrogen and oxygen atoms in total. The molecule has 0 amide bonds. The smallest absolute Gasteiger partial charge is 0.306 e. The first-order valence-corrected chi connectivity index (χ1v) is 12.6. The van der Waals surface area contributed by atoms with E-state index in [1.807, 2.05) is 13.8 Å². The molecule has 0 heterocycles. The van der Waals surface area contributed by atoms with Gasteiger partial charge in [0.25, 0.3) is 0 Å². The van der Waals surface area contributed by atoms with Crippen molar-refractivity contribution >= 4 is 17.5 Å². The summed E-state index contributed by atoms with van der Waals surface area (Å²) in [5, 5.41) is 11.5. The van der Waals surface area contributed by atoms with Crippen LogP contribution in [0, 0.1) is 28.6 Å². The Hall–Kier alpha value is -1.86. The molecule has 0 aromatic rings. The third kappa shape index (κ3) is 3.08. The predicted octanol–water partition coefficient (Wildman–Crippen LogP) is 3.90. The third-order valence-electron chi connectivity index (χ3n) is 9.60. The lowest BCUT2D eigenvalue weighted by molar-refractivity contribution is -0.228. The zero-order valence-corrected chi connectivity index (χ0v) is 20.9. The Morgan fingerprint density at radius 3 is 2.59 bits per heavy atom. The van der Waals surface area contributed by atoms with Gasteiger partial charge in [-0.1, -0.05) is 32.4 Å². The largest absolute Gasteiger partial charge is 0.450 e. The summed E-state index contributed by atoms with van der Waals surface area (Å²) in [4.78, 5) is 38.3. The van der Waals surface area contributed by atoms with E-state index in [1.54, 1.807) is 26.8 Å². The van der Waals surface area contributed by atoms with Crippen LogP contribution >= 0.6 is 0 Å². The summed E-state index contributed by atoms with van der Waals surface area (Å²) in [7, 11) is 0. The molecule has 0 aromatic heterocycles. The van der Waals surface area contributed by atoms with E-state index < -0.39 is 40.1 Å². The second-order valence-corrected chi connectivity index (χ2v) is 11.0. The summed E-state index contributed by atoms with van der Waals surface area (Å²) in [5.41, 5.74) is -4.82. The lowest BCUT2D eigenvalue weighted by atomic mass is 9.44. The first-order valence-electron chi connectivity index (χ1n) is 12.6. The van der Waals surface area contributed by atoms with Gasteiger partial charge in [0, 0.05) is 35.7 Å². The molecule has 0 bridgehead atoms. The summed E-state index contributed by atoms with van der Waals surface area (Å²) in [5.74, 6) is -2.15. The van der Waals surface area contributed by atoms with Crippen molar-refractivity contribution in [1.29, 1.82) is 0 Å².